The van der Waals surface area contributed by atoms with Crippen LogP contribution in [-0.2, 0) is 0 Å². The number of pyridine rings is 3. The highest BCUT2D eigenvalue weighted by atomic mass is 19.1. The number of aromatic nitrogens is 7. The molecule has 0 amide bonds. The maximum atomic E-state index is 15.2. The fourth-order valence-corrected chi connectivity index (χ4v) is 4.72. The van der Waals surface area contributed by atoms with Crippen LogP contribution < -0.4 is 5.32 Å². The van der Waals surface area contributed by atoms with Gasteiger partial charge in [-0.3, -0.25) is 15.1 Å². The summed E-state index contributed by atoms with van der Waals surface area (Å²) < 4.78 is 15.2. The molecule has 0 radical (unpaired) electrons. The Hall–Kier alpha value is -4.70. The van der Waals surface area contributed by atoms with Gasteiger partial charge < -0.3 is 15.4 Å². The quantitative estimate of drug-likeness (QED) is 0.200. The molecule has 10 heteroatoms. The Labute approximate surface area is 223 Å². The van der Waals surface area contributed by atoms with Crippen LogP contribution in [0.25, 0.3) is 55.8 Å². The summed E-state index contributed by atoms with van der Waals surface area (Å²) in [4.78, 5) is 20.8. The van der Waals surface area contributed by atoms with E-state index in [1.54, 1.807) is 31.0 Å². The van der Waals surface area contributed by atoms with E-state index in [1.165, 1.54) is 6.07 Å². The molecule has 0 spiro atoms. The predicted octanol–water partition coefficient (Wildman–Crippen LogP) is 5.93. The number of hydrogen-bond acceptors (Lipinski definition) is 7. The molecule has 0 aliphatic rings. The molecule has 0 aliphatic carbocycles. The maximum Gasteiger partial charge on any atom is 0.178 e. The molecule has 0 saturated heterocycles. The number of aliphatic hydroxyl groups excluding tert-OH is 1. The lowest BCUT2D eigenvalue weighted by atomic mass is 9.91. The molecule has 0 fully saturated rings. The zero-order chi connectivity index (χ0) is 27.1. The van der Waals surface area contributed by atoms with Crippen LogP contribution in [0.4, 0.5) is 10.1 Å². The first-order chi connectivity index (χ1) is 18.7. The normalized spacial score (nSPS) is 12.7. The molecule has 4 N–H and O–H groups in total. The van der Waals surface area contributed by atoms with Crippen molar-refractivity contribution in [3.8, 4) is 33.8 Å². The highest BCUT2D eigenvalue weighted by molar-refractivity contribution is 5.97. The van der Waals surface area contributed by atoms with Crippen LogP contribution in [0.5, 0.6) is 0 Å². The van der Waals surface area contributed by atoms with Gasteiger partial charge in [0.1, 0.15) is 17.4 Å². The van der Waals surface area contributed by atoms with Gasteiger partial charge in [-0.25, -0.2) is 14.4 Å². The monoisotopic (exact) mass is 522 g/mol. The number of anilines is 1. The largest absolute Gasteiger partial charge is 0.374 e. The van der Waals surface area contributed by atoms with Crippen LogP contribution in [0.1, 0.15) is 27.2 Å². The van der Waals surface area contributed by atoms with E-state index < -0.39 is 12.0 Å². The molecule has 6 rings (SSSR count). The number of imidazole rings is 1. The molecule has 1 atom stereocenters. The number of hydrogen-bond donors (Lipinski definition) is 4. The summed E-state index contributed by atoms with van der Waals surface area (Å²) in [6.45, 7) is 6.18. The van der Waals surface area contributed by atoms with E-state index in [-0.39, 0.29) is 10.9 Å². The Bertz CT molecular complexity index is 1790. The van der Waals surface area contributed by atoms with Crippen LogP contribution in [-0.4, -0.2) is 46.5 Å². The van der Waals surface area contributed by atoms with Crippen LogP contribution in [0.15, 0.2) is 67.4 Å². The Morgan fingerprint density at radius 1 is 0.974 bits per heavy atom. The van der Waals surface area contributed by atoms with Gasteiger partial charge in [0.2, 0.25) is 0 Å². The minimum absolute atomic E-state index is 0.0471. The van der Waals surface area contributed by atoms with Crippen molar-refractivity contribution in [1.29, 1.82) is 0 Å². The topological polar surface area (TPSA) is 128 Å². The molecule has 5 aromatic heterocycles. The minimum atomic E-state index is -0.736. The zero-order valence-corrected chi connectivity index (χ0v) is 21.7. The van der Waals surface area contributed by atoms with E-state index in [0.29, 0.717) is 45.8 Å². The predicted molar refractivity (Wildman–Crippen MR) is 149 cm³/mol. The van der Waals surface area contributed by atoms with Crippen molar-refractivity contribution in [3.63, 3.8) is 0 Å². The van der Waals surface area contributed by atoms with E-state index in [1.807, 2.05) is 30.3 Å². The van der Waals surface area contributed by atoms with Crippen molar-refractivity contribution in [3.05, 3.63) is 73.2 Å². The van der Waals surface area contributed by atoms with Crippen LogP contribution >= 0.6 is 0 Å². The number of H-pyrrole nitrogens is 2. The molecule has 1 unspecified atom stereocenters. The van der Waals surface area contributed by atoms with Crippen molar-refractivity contribution in [2.45, 2.75) is 33.4 Å². The number of aromatic amines is 2. The molecule has 0 bridgehead atoms. The van der Waals surface area contributed by atoms with Gasteiger partial charge in [0, 0.05) is 41.3 Å². The smallest absolute Gasteiger partial charge is 0.178 e. The van der Waals surface area contributed by atoms with Crippen molar-refractivity contribution < 1.29 is 9.50 Å². The summed E-state index contributed by atoms with van der Waals surface area (Å²) in [7, 11) is 0. The number of aliphatic hydroxyl groups is 1. The number of benzene rings is 1. The minimum Gasteiger partial charge on any atom is -0.374 e. The third kappa shape index (κ3) is 4.94. The maximum absolute atomic E-state index is 15.2. The number of rotatable bonds is 6. The van der Waals surface area contributed by atoms with Gasteiger partial charge in [0.25, 0.3) is 0 Å². The number of nitrogens with one attached hydrogen (secondary N) is 3. The SMILES string of the molecule is CC(C)(C)CC(O)Nc1cncc(-c2cc(F)c3n[nH]c(-c4nc5nccc(-c6ccncc6)c5[nH]4)c3c2)c1. The summed E-state index contributed by atoms with van der Waals surface area (Å²) in [6, 6.07) is 10.9. The summed E-state index contributed by atoms with van der Waals surface area (Å²) in [6.07, 6.45) is 8.29. The van der Waals surface area contributed by atoms with Gasteiger partial charge in [0.05, 0.1) is 17.4 Å². The number of nitrogens with zero attached hydrogens (tertiary/aromatic N) is 5. The second kappa shape index (κ2) is 9.55. The lowest BCUT2D eigenvalue weighted by molar-refractivity contribution is 0.145. The van der Waals surface area contributed by atoms with Gasteiger partial charge in [-0.15, -0.1) is 0 Å². The second-order valence-electron chi connectivity index (χ2n) is 10.7. The molecule has 5 heterocycles. The van der Waals surface area contributed by atoms with E-state index in [0.717, 1.165) is 16.6 Å². The lowest BCUT2D eigenvalue weighted by Gasteiger charge is -2.23. The molecule has 9 nitrogen and oxygen atoms in total. The molecule has 0 saturated carbocycles. The standard InChI is InChI=1S/C29H27FN8O/c1-29(2,3)13-23(39)34-19-10-18(14-32-15-19)17-11-21-24(22(30)12-17)37-38-26(21)28-35-25-20(6-9-33-27(25)36-28)16-4-7-31-8-5-16/h4-12,14-15,23,34,39H,13H2,1-3H3,(H,37,38)(H,33,35,36). The van der Waals surface area contributed by atoms with Crippen molar-refractivity contribution in [1.82, 2.24) is 35.1 Å². The molecule has 196 valence electrons. The average Bonchev–Trinajstić information content (AvgIpc) is 3.52. The Morgan fingerprint density at radius 3 is 2.59 bits per heavy atom. The van der Waals surface area contributed by atoms with Crippen molar-refractivity contribution >= 4 is 27.8 Å². The van der Waals surface area contributed by atoms with Gasteiger partial charge in [-0.2, -0.15) is 5.10 Å². The average molecular weight is 523 g/mol. The van der Waals surface area contributed by atoms with Gasteiger partial charge in [0.15, 0.2) is 17.3 Å². The van der Waals surface area contributed by atoms with Crippen molar-refractivity contribution in [2.24, 2.45) is 5.41 Å². The van der Waals surface area contributed by atoms with Crippen LogP contribution in [0.2, 0.25) is 0 Å². The summed E-state index contributed by atoms with van der Waals surface area (Å²) >= 11 is 0. The van der Waals surface area contributed by atoms with E-state index >= 15 is 4.39 Å². The summed E-state index contributed by atoms with van der Waals surface area (Å²) in [5.41, 5.74) is 5.87. The molecular weight excluding hydrogens is 495 g/mol. The summed E-state index contributed by atoms with van der Waals surface area (Å²) in [5.74, 6) is 0.0275. The second-order valence-corrected chi connectivity index (χ2v) is 10.7. The van der Waals surface area contributed by atoms with Crippen LogP contribution in [0.3, 0.4) is 0 Å². The Kier molecular flexibility index (Phi) is 6.03. The lowest BCUT2D eigenvalue weighted by Crippen LogP contribution is -2.25. The first-order valence-corrected chi connectivity index (χ1v) is 12.6. The van der Waals surface area contributed by atoms with Gasteiger partial charge in [-0.1, -0.05) is 20.8 Å². The van der Waals surface area contributed by atoms with E-state index in [9.17, 15) is 5.11 Å². The Balaban J connectivity index is 1.39. The highest BCUT2D eigenvalue weighted by Gasteiger charge is 2.19. The fraction of sp³-hybridized carbons (Fsp3) is 0.207. The Morgan fingerprint density at radius 2 is 1.79 bits per heavy atom. The fourth-order valence-electron chi connectivity index (χ4n) is 4.72. The van der Waals surface area contributed by atoms with Crippen molar-refractivity contribution in [2.75, 3.05) is 5.32 Å². The van der Waals surface area contributed by atoms with Gasteiger partial charge >= 0.3 is 0 Å². The number of fused-ring (bicyclic) bond motifs is 2. The van der Waals surface area contributed by atoms with Gasteiger partial charge in [-0.05, 0) is 59.4 Å². The third-order valence-corrected chi connectivity index (χ3v) is 6.44. The molecule has 39 heavy (non-hydrogen) atoms. The molecule has 6 aromatic rings. The first kappa shape index (κ1) is 24.6. The summed E-state index contributed by atoms with van der Waals surface area (Å²) in [5, 5.41) is 21.3. The molecule has 1 aromatic carbocycles. The van der Waals surface area contributed by atoms with E-state index in [2.05, 4.69) is 61.2 Å². The molecule has 0 aliphatic heterocycles. The third-order valence-electron chi connectivity index (χ3n) is 6.44. The first-order valence-electron chi connectivity index (χ1n) is 12.6. The van der Waals surface area contributed by atoms with Crippen LogP contribution in [0, 0.1) is 11.2 Å². The zero-order valence-electron chi connectivity index (χ0n) is 21.7. The highest BCUT2D eigenvalue weighted by Crippen LogP contribution is 2.34. The van der Waals surface area contributed by atoms with E-state index in [4.69, 9.17) is 0 Å². The number of halogens is 1. The molecular formula is C29H27FN8O.